The maximum atomic E-state index is 12.6. The number of aromatic nitrogens is 4. The number of aryl methyl sites for hydroxylation is 2. The van der Waals surface area contributed by atoms with Gasteiger partial charge in [-0.3, -0.25) is 29.0 Å². The molecule has 2 aromatic heterocycles. The molecule has 0 aliphatic rings. The van der Waals surface area contributed by atoms with Gasteiger partial charge >= 0.3 is 5.69 Å². The second kappa shape index (κ2) is 8.54. The number of non-ortho nitro benzene ring substituents is 1. The lowest BCUT2D eigenvalue weighted by Gasteiger charge is -2.09. The van der Waals surface area contributed by atoms with Gasteiger partial charge in [-0.15, -0.1) is 0 Å². The molecule has 0 saturated carbocycles. The van der Waals surface area contributed by atoms with E-state index in [0.717, 1.165) is 11.1 Å². The van der Waals surface area contributed by atoms with Crippen molar-refractivity contribution in [3.8, 4) is 0 Å². The SMILES string of the molecule is C/C(=N\Nc1nc2c(c(=O)[nH]c(=O)n2C)n1Cc1ccc(C)cc1)c1ccc([N+](=O)[O-])cc1. The standard InChI is InChI=1S/C22H21N7O4/c1-13-4-6-15(7-5-13)12-28-18-19(27(3)22(31)24-20(18)30)23-21(28)26-25-14(2)16-8-10-17(11-9-16)29(32)33/h4-11H,12H2,1-3H3,(H,23,26)(H,24,30,31)/b25-14+. The van der Waals surface area contributed by atoms with E-state index in [0.29, 0.717) is 17.8 Å². The van der Waals surface area contributed by atoms with Gasteiger partial charge in [0.15, 0.2) is 11.2 Å². The molecule has 11 nitrogen and oxygen atoms in total. The van der Waals surface area contributed by atoms with E-state index in [1.54, 1.807) is 23.6 Å². The molecule has 0 radical (unpaired) electrons. The molecular formula is C22H21N7O4. The molecule has 0 fully saturated rings. The number of hydrogen-bond acceptors (Lipinski definition) is 7. The second-order valence-corrected chi connectivity index (χ2v) is 7.61. The van der Waals surface area contributed by atoms with Crippen molar-refractivity contribution in [1.29, 1.82) is 0 Å². The number of nitro benzene ring substituents is 1. The average Bonchev–Trinajstić information content (AvgIpc) is 3.16. The van der Waals surface area contributed by atoms with Gasteiger partial charge in [0, 0.05) is 19.2 Å². The van der Waals surface area contributed by atoms with Crippen molar-refractivity contribution >= 4 is 28.5 Å². The van der Waals surface area contributed by atoms with Crippen LogP contribution in [0.5, 0.6) is 0 Å². The van der Waals surface area contributed by atoms with Crippen molar-refractivity contribution in [2.75, 3.05) is 5.43 Å². The highest BCUT2D eigenvalue weighted by Gasteiger charge is 2.17. The van der Waals surface area contributed by atoms with Crippen LogP contribution in [0.25, 0.3) is 11.2 Å². The van der Waals surface area contributed by atoms with Crippen molar-refractivity contribution in [2.24, 2.45) is 12.1 Å². The monoisotopic (exact) mass is 447 g/mol. The van der Waals surface area contributed by atoms with E-state index in [1.807, 2.05) is 31.2 Å². The van der Waals surface area contributed by atoms with Crippen LogP contribution < -0.4 is 16.7 Å². The molecule has 0 spiro atoms. The average molecular weight is 447 g/mol. The maximum absolute atomic E-state index is 12.6. The van der Waals surface area contributed by atoms with E-state index in [9.17, 15) is 19.7 Å². The predicted molar refractivity (Wildman–Crippen MR) is 125 cm³/mol. The number of aromatic amines is 1. The Balaban J connectivity index is 1.76. The Bertz CT molecular complexity index is 1490. The molecule has 0 saturated heterocycles. The molecule has 0 bridgehead atoms. The first-order valence-corrected chi connectivity index (χ1v) is 10.0. The number of hydrogen-bond donors (Lipinski definition) is 2. The van der Waals surface area contributed by atoms with Gasteiger partial charge in [-0.1, -0.05) is 29.8 Å². The molecule has 2 N–H and O–H groups in total. The Morgan fingerprint density at radius 2 is 1.82 bits per heavy atom. The molecule has 2 heterocycles. The lowest BCUT2D eigenvalue weighted by Crippen LogP contribution is -2.29. The summed E-state index contributed by atoms with van der Waals surface area (Å²) in [5, 5.41) is 15.2. The van der Waals surface area contributed by atoms with Crippen LogP contribution in [0.3, 0.4) is 0 Å². The van der Waals surface area contributed by atoms with Crippen LogP contribution in [-0.2, 0) is 13.6 Å². The minimum Gasteiger partial charge on any atom is -0.298 e. The van der Waals surface area contributed by atoms with Gasteiger partial charge in [0.1, 0.15) is 0 Å². The fraction of sp³-hybridized carbons (Fsp3) is 0.182. The maximum Gasteiger partial charge on any atom is 0.329 e. The highest BCUT2D eigenvalue weighted by Crippen LogP contribution is 2.19. The third-order valence-electron chi connectivity index (χ3n) is 5.29. The van der Waals surface area contributed by atoms with Crippen LogP contribution in [0.15, 0.2) is 63.2 Å². The molecule has 0 aliphatic carbocycles. The van der Waals surface area contributed by atoms with E-state index in [1.165, 1.54) is 23.7 Å². The van der Waals surface area contributed by atoms with Crippen LogP contribution in [0.1, 0.15) is 23.6 Å². The zero-order valence-corrected chi connectivity index (χ0v) is 18.2. The summed E-state index contributed by atoms with van der Waals surface area (Å²) < 4.78 is 2.92. The van der Waals surface area contributed by atoms with Gasteiger partial charge in [-0.25, -0.2) is 10.2 Å². The molecule has 11 heteroatoms. The number of imidazole rings is 1. The van der Waals surface area contributed by atoms with Crippen molar-refractivity contribution in [1.82, 2.24) is 19.1 Å². The summed E-state index contributed by atoms with van der Waals surface area (Å²) in [6, 6.07) is 13.8. The first-order chi connectivity index (χ1) is 15.7. The molecule has 0 amide bonds. The summed E-state index contributed by atoms with van der Waals surface area (Å²) in [7, 11) is 1.53. The Labute approximate surface area is 187 Å². The summed E-state index contributed by atoms with van der Waals surface area (Å²) in [6.45, 7) is 4.05. The number of nitrogens with one attached hydrogen (secondary N) is 2. The molecule has 33 heavy (non-hydrogen) atoms. The van der Waals surface area contributed by atoms with Gasteiger partial charge in [-0.05, 0) is 37.1 Å². The molecule has 168 valence electrons. The summed E-state index contributed by atoms with van der Waals surface area (Å²) >= 11 is 0. The molecule has 2 aromatic carbocycles. The summed E-state index contributed by atoms with van der Waals surface area (Å²) in [5.41, 5.74) is 5.50. The molecule has 0 aliphatic heterocycles. The van der Waals surface area contributed by atoms with Crippen molar-refractivity contribution in [2.45, 2.75) is 20.4 Å². The highest BCUT2D eigenvalue weighted by molar-refractivity contribution is 5.99. The van der Waals surface area contributed by atoms with E-state index >= 15 is 0 Å². The number of nitrogens with zero attached hydrogens (tertiary/aromatic N) is 5. The summed E-state index contributed by atoms with van der Waals surface area (Å²) in [6.07, 6.45) is 0. The molecule has 4 aromatic rings. The van der Waals surface area contributed by atoms with Gasteiger partial charge in [0.25, 0.3) is 11.2 Å². The van der Waals surface area contributed by atoms with Crippen molar-refractivity contribution in [3.05, 3.63) is 96.2 Å². The Morgan fingerprint density at radius 3 is 2.45 bits per heavy atom. The first kappa shape index (κ1) is 21.7. The number of benzene rings is 2. The quantitative estimate of drug-likeness (QED) is 0.264. The summed E-state index contributed by atoms with van der Waals surface area (Å²) in [4.78, 5) is 41.8. The lowest BCUT2D eigenvalue weighted by atomic mass is 10.1. The van der Waals surface area contributed by atoms with Crippen molar-refractivity contribution in [3.63, 3.8) is 0 Å². The van der Waals surface area contributed by atoms with Crippen molar-refractivity contribution < 1.29 is 4.92 Å². The van der Waals surface area contributed by atoms with E-state index < -0.39 is 16.2 Å². The van der Waals surface area contributed by atoms with Gasteiger partial charge in [0.05, 0.1) is 17.2 Å². The smallest absolute Gasteiger partial charge is 0.298 e. The molecule has 4 rings (SSSR count). The minimum absolute atomic E-state index is 0.0143. The predicted octanol–water partition coefficient (Wildman–Crippen LogP) is 2.52. The number of rotatable bonds is 6. The topological polar surface area (TPSA) is 140 Å². The van der Waals surface area contributed by atoms with Gasteiger partial charge in [0.2, 0.25) is 5.95 Å². The molecular weight excluding hydrogens is 426 g/mol. The normalized spacial score (nSPS) is 11.7. The summed E-state index contributed by atoms with van der Waals surface area (Å²) in [5.74, 6) is 0.276. The van der Waals surface area contributed by atoms with Crippen LogP contribution >= 0.6 is 0 Å². The minimum atomic E-state index is -0.565. The first-order valence-electron chi connectivity index (χ1n) is 10.0. The highest BCUT2D eigenvalue weighted by atomic mass is 16.6. The third kappa shape index (κ3) is 4.28. The van der Waals surface area contributed by atoms with E-state index in [2.05, 4.69) is 20.5 Å². The Morgan fingerprint density at radius 1 is 1.15 bits per heavy atom. The second-order valence-electron chi connectivity index (χ2n) is 7.61. The van der Waals surface area contributed by atoms with Crippen LogP contribution in [-0.4, -0.2) is 29.7 Å². The third-order valence-corrected chi connectivity index (χ3v) is 5.29. The number of nitro groups is 1. The largest absolute Gasteiger partial charge is 0.329 e. The zero-order valence-electron chi connectivity index (χ0n) is 18.2. The number of hydrazone groups is 1. The lowest BCUT2D eigenvalue weighted by molar-refractivity contribution is -0.384. The van der Waals surface area contributed by atoms with Crippen LogP contribution in [0, 0.1) is 17.0 Å². The fourth-order valence-electron chi connectivity index (χ4n) is 3.37. The number of anilines is 1. The van der Waals surface area contributed by atoms with Gasteiger partial charge < -0.3 is 0 Å². The van der Waals surface area contributed by atoms with Gasteiger partial charge in [-0.2, -0.15) is 10.1 Å². The van der Waals surface area contributed by atoms with Crippen LogP contribution in [0.4, 0.5) is 11.6 Å². The van der Waals surface area contributed by atoms with E-state index in [-0.39, 0.29) is 22.8 Å². The zero-order chi connectivity index (χ0) is 23.7. The number of H-pyrrole nitrogens is 1. The number of fused-ring (bicyclic) bond motifs is 1. The van der Waals surface area contributed by atoms with E-state index in [4.69, 9.17) is 0 Å². The molecule has 0 unspecified atom stereocenters. The fourth-order valence-corrected chi connectivity index (χ4v) is 3.37. The Kier molecular flexibility index (Phi) is 5.61. The molecule has 0 atom stereocenters. The van der Waals surface area contributed by atoms with Crippen LogP contribution in [0.2, 0.25) is 0 Å². The Hall–Kier alpha value is -4.54.